The molecular formula is C12H10O2. The van der Waals surface area contributed by atoms with E-state index in [9.17, 15) is 9.59 Å². The second kappa shape index (κ2) is 2.91. The molecule has 2 aliphatic carbocycles. The van der Waals surface area contributed by atoms with Gasteiger partial charge in [-0.05, 0) is 23.3 Å². The van der Waals surface area contributed by atoms with Gasteiger partial charge in [0.25, 0.3) is 0 Å². The Morgan fingerprint density at radius 1 is 0.857 bits per heavy atom. The van der Waals surface area contributed by atoms with Gasteiger partial charge in [0.1, 0.15) is 0 Å². The molecule has 0 aromatic carbocycles. The molecular weight excluding hydrogens is 176 g/mol. The summed E-state index contributed by atoms with van der Waals surface area (Å²) >= 11 is 0. The molecule has 0 unspecified atom stereocenters. The van der Waals surface area contributed by atoms with E-state index in [1.165, 1.54) is 12.2 Å². The van der Waals surface area contributed by atoms with Crippen molar-refractivity contribution in [2.45, 2.75) is 12.8 Å². The maximum atomic E-state index is 11.5. The van der Waals surface area contributed by atoms with Gasteiger partial charge in [-0.25, -0.2) is 0 Å². The molecule has 0 aromatic heterocycles. The van der Waals surface area contributed by atoms with Crippen LogP contribution in [0, 0.1) is 0 Å². The molecule has 2 heteroatoms. The van der Waals surface area contributed by atoms with Crippen molar-refractivity contribution in [2.75, 3.05) is 0 Å². The Labute approximate surface area is 82.3 Å². The van der Waals surface area contributed by atoms with E-state index in [1.54, 1.807) is 0 Å². The number of allylic oxidation sites excluding steroid dienone is 6. The van der Waals surface area contributed by atoms with Crippen molar-refractivity contribution >= 4 is 11.6 Å². The van der Waals surface area contributed by atoms with Gasteiger partial charge in [-0.3, -0.25) is 9.59 Å². The molecule has 0 N–H and O–H groups in total. The zero-order valence-corrected chi connectivity index (χ0v) is 7.80. The predicted octanol–water partition coefficient (Wildman–Crippen LogP) is 1.90. The van der Waals surface area contributed by atoms with Crippen LogP contribution in [-0.4, -0.2) is 11.6 Å². The number of rotatable bonds is 0. The van der Waals surface area contributed by atoms with E-state index in [-0.39, 0.29) is 11.6 Å². The van der Waals surface area contributed by atoms with Crippen LogP contribution >= 0.6 is 0 Å². The summed E-state index contributed by atoms with van der Waals surface area (Å²) in [6, 6.07) is 0. The van der Waals surface area contributed by atoms with Gasteiger partial charge < -0.3 is 0 Å². The van der Waals surface area contributed by atoms with Crippen LogP contribution in [0.25, 0.3) is 0 Å². The predicted molar refractivity (Wildman–Crippen MR) is 53.7 cm³/mol. The standard InChI is InChI=1S/C12H10O2/c1-7-5-9-10(6-8(7)2)12(14)4-3-11(9)13/h3-4H,1-2,5-6H2. The van der Waals surface area contributed by atoms with Crippen LogP contribution in [0.1, 0.15) is 12.8 Å². The van der Waals surface area contributed by atoms with Crippen molar-refractivity contribution < 1.29 is 9.59 Å². The lowest BCUT2D eigenvalue weighted by Crippen LogP contribution is -2.19. The van der Waals surface area contributed by atoms with Crippen LogP contribution in [-0.2, 0) is 9.59 Å². The van der Waals surface area contributed by atoms with Crippen LogP contribution in [0.3, 0.4) is 0 Å². The first-order valence-corrected chi connectivity index (χ1v) is 4.44. The SMILES string of the molecule is C=C1CC2=C(CC1=C)C(=O)C=CC2=O. The summed E-state index contributed by atoms with van der Waals surface area (Å²) in [6.07, 6.45) is 3.62. The largest absolute Gasteiger partial charge is 0.290 e. The Hall–Kier alpha value is -1.70. The fourth-order valence-electron chi connectivity index (χ4n) is 1.71. The zero-order chi connectivity index (χ0) is 10.3. The Bertz CT molecular complexity index is 393. The van der Waals surface area contributed by atoms with Crippen molar-refractivity contribution in [1.29, 1.82) is 0 Å². The second-order valence-electron chi connectivity index (χ2n) is 3.58. The van der Waals surface area contributed by atoms with Crippen molar-refractivity contribution in [3.63, 3.8) is 0 Å². The fourth-order valence-corrected chi connectivity index (χ4v) is 1.71. The normalized spacial score (nSPS) is 21.7. The van der Waals surface area contributed by atoms with E-state index >= 15 is 0 Å². The van der Waals surface area contributed by atoms with E-state index in [0.29, 0.717) is 24.0 Å². The molecule has 0 amide bonds. The Kier molecular flexibility index (Phi) is 1.84. The highest BCUT2D eigenvalue weighted by Crippen LogP contribution is 2.34. The molecule has 0 saturated carbocycles. The molecule has 2 nitrogen and oxygen atoms in total. The van der Waals surface area contributed by atoms with E-state index in [2.05, 4.69) is 13.2 Å². The molecule has 0 fully saturated rings. The Morgan fingerprint density at radius 3 is 1.57 bits per heavy atom. The molecule has 2 aliphatic rings. The third kappa shape index (κ3) is 1.20. The summed E-state index contributed by atoms with van der Waals surface area (Å²) in [5.74, 6) is -0.124. The number of carbonyl (C=O) groups is 2. The van der Waals surface area contributed by atoms with E-state index in [1.807, 2.05) is 0 Å². The minimum absolute atomic E-state index is 0.0618. The molecule has 70 valence electrons. The van der Waals surface area contributed by atoms with E-state index < -0.39 is 0 Å². The van der Waals surface area contributed by atoms with Crippen LogP contribution in [0.5, 0.6) is 0 Å². The maximum absolute atomic E-state index is 11.5. The third-order valence-electron chi connectivity index (χ3n) is 2.63. The van der Waals surface area contributed by atoms with Crippen LogP contribution in [0.2, 0.25) is 0 Å². The highest BCUT2D eigenvalue weighted by molar-refractivity contribution is 6.20. The van der Waals surface area contributed by atoms with Crippen LogP contribution in [0.15, 0.2) is 47.6 Å². The first kappa shape index (κ1) is 8.88. The summed E-state index contributed by atoms with van der Waals surface area (Å²) in [6.45, 7) is 7.65. The van der Waals surface area contributed by atoms with Crippen molar-refractivity contribution in [3.8, 4) is 0 Å². The molecule has 0 bridgehead atoms. The van der Waals surface area contributed by atoms with Crippen molar-refractivity contribution in [3.05, 3.63) is 47.6 Å². The van der Waals surface area contributed by atoms with Gasteiger partial charge in [-0.1, -0.05) is 13.2 Å². The van der Waals surface area contributed by atoms with Crippen LogP contribution < -0.4 is 0 Å². The average Bonchev–Trinajstić information content (AvgIpc) is 2.15. The summed E-state index contributed by atoms with van der Waals surface area (Å²) in [5.41, 5.74) is 2.94. The van der Waals surface area contributed by atoms with Gasteiger partial charge in [-0.2, -0.15) is 0 Å². The minimum atomic E-state index is -0.0618. The number of hydrogen-bond donors (Lipinski definition) is 0. The van der Waals surface area contributed by atoms with Crippen molar-refractivity contribution in [2.24, 2.45) is 0 Å². The first-order chi connectivity index (χ1) is 6.59. The van der Waals surface area contributed by atoms with Gasteiger partial charge >= 0.3 is 0 Å². The van der Waals surface area contributed by atoms with E-state index in [4.69, 9.17) is 0 Å². The zero-order valence-electron chi connectivity index (χ0n) is 7.80. The first-order valence-electron chi connectivity index (χ1n) is 4.44. The average molecular weight is 186 g/mol. The van der Waals surface area contributed by atoms with Crippen LogP contribution in [0.4, 0.5) is 0 Å². The topological polar surface area (TPSA) is 34.1 Å². The lowest BCUT2D eigenvalue weighted by molar-refractivity contribution is -0.115. The number of carbonyl (C=O) groups excluding carboxylic acids is 2. The van der Waals surface area contributed by atoms with Gasteiger partial charge in [-0.15, -0.1) is 0 Å². The summed E-state index contributed by atoms with van der Waals surface area (Å²) in [7, 11) is 0. The molecule has 0 aliphatic heterocycles. The quantitative estimate of drug-likeness (QED) is 0.541. The van der Waals surface area contributed by atoms with E-state index in [0.717, 1.165) is 11.1 Å². The number of ketones is 2. The summed E-state index contributed by atoms with van der Waals surface area (Å²) in [5, 5.41) is 0. The lowest BCUT2D eigenvalue weighted by Gasteiger charge is -2.22. The highest BCUT2D eigenvalue weighted by atomic mass is 16.1. The second-order valence-corrected chi connectivity index (χ2v) is 3.58. The van der Waals surface area contributed by atoms with Gasteiger partial charge in [0.05, 0.1) is 0 Å². The summed E-state index contributed by atoms with van der Waals surface area (Å²) < 4.78 is 0. The maximum Gasteiger partial charge on any atom is 0.182 e. The van der Waals surface area contributed by atoms with Gasteiger partial charge in [0.15, 0.2) is 11.6 Å². The van der Waals surface area contributed by atoms with Gasteiger partial charge in [0.2, 0.25) is 0 Å². The highest BCUT2D eigenvalue weighted by Gasteiger charge is 2.27. The van der Waals surface area contributed by atoms with Crippen molar-refractivity contribution in [1.82, 2.24) is 0 Å². The lowest BCUT2D eigenvalue weighted by atomic mass is 9.80. The monoisotopic (exact) mass is 186 g/mol. The molecule has 14 heavy (non-hydrogen) atoms. The fraction of sp³-hybridized carbons (Fsp3) is 0.167. The van der Waals surface area contributed by atoms with Gasteiger partial charge in [0, 0.05) is 24.0 Å². The Morgan fingerprint density at radius 2 is 1.21 bits per heavy atom. The third-order valence-corrected chi connectivity index (χ3v) is 2.63. The molecule has 0 atom stereocenters. The smallest absolute Gasteiger partial charge is 0.182 e. The molecule has 2 rings (SSSR count). The molecule has 0 heterocycles. The Balaban J connectivity index is 2.49. The molecule has 0 radical (unpaired) electrons. The molecule has 0 saturated heterocycles. The molecule has 0 aromatic rings. The summed E-state index contributed by atoms with van der Waals surface area (Å²) in [4.78, 5) is 22.9. The number of hydrogen-bond acceptors (Lipinski definition) is 2. The molecule has 0 spiro atoms. The minimum Gasteiger partial charge on any atom is -0.290 e.